The molecule has 0 unspecified atom stereocenters. The predicted molar refractivity (Wildman–Crippen MR) is 70.2 cm³/mol. The molecule has 1 aliphatic rings. The van der Waals surface area contributed by atoms with Gasteiger partial charge in [-0.05, 0) is 50.8 Å². The van der Waals surface area contributed by atoms with E-state index in [0.29, 0.717) is 18.7 Å². The molecule has 1 aromatic heterocycles. The first kappa shape index (κ1) is 11.9. The van der Waals surface area contributed by atoms with Gasteiger partial charge in [-0.15, -0.1) is 0 Å². The Hall–Kier alpha value is -0.550. The summed E-state index contributed by atoms with van der Waals surface area (Å²) in [6.45, 7) is 0. The Balaban J connectivity index is 2.24. The summed E-state index contributed by atoms with van der Waals surface area (Å²) in [7, 11) is 0. The molecular formula is C11H10Br2N2O. The number of pyridine rings is 1. The highest BCUT2D eigenvalue weighted by Gasteiger charge is 2.15. The van der Waals surface area contributed by atoms with Crippen LogP contribution in [0.1, 0.15) is 25.7 Å². The zero-order valence-corrected chi connectivity index (χ0v) is 11.7. The third-order valence-corrected chi connectivity index (χ3v) is 3.39. The Bertz CT molecular complexity index is 457. The first-order chi connectivity index (χ1) is 7.65. The topological polar surface area (TPSA) is 42.3 Å². The molecule has 0 aromatic carbocycles. The van der Waals surface area contributed by atoms with E-state index in [-0.39, 0.29) is 5.78 Å². The van der Waals surface area contributed by atoms with E-state index in [1.165, 1.54) is 0 Å². The van der Waals surface area contributed by atoms with Gasteiger partial charge in [0.15, 0.2) is 5.82 Å². The quantitative estimate of drug-likeness (QED) is 0.776. The second kappa shape index (κ2) is 5.19. The molecule has 5 heteroatoms. The molecule has 84 valence electrons. The van der Waals surface area contributed by atoms with Gasteiger partial charge in [-0.25, -0.2) is 9.98 Å². The van der Waals surface area contributed by atoms with Gasteiger partial charge in [-0.3, -0.25) is 4.79 Å². The van der Waals surface area contributed by atoms with Crippen LogP contribution in [0, 0.1) is 0 Å². The van der Waals surface area contributed by atoms with E-state index in [1.54, 1.807) is 6.20 Å². The maximum absolute atomic E-state index is 11.3. The summed E-state index contributed by atoms with van der Waals surface area (Å²) in [5, 5.41) is 0. The summed E-state index contributed by atoms with van der Waals surface area (Å²) in [6, 6.07) is 1.90. The van der Waals surface area contributed by atoms with Crippen molar-refractivity contribution >= 4 is 49.2 Å². The number of aliphatic imine (C=N–C) groups is 1. The molecule has 1 fully saturated rings. The molecule has 0 spiro atoms. The van der Waals surface area contributed by atoms with Crippen molar-refractivity contribution in [2.75, 3.05) is 0 Å². The van der Waals surface area contributed by atoms with Crippen molar-refractivity contribution in [2.45, 2.75) is 25.7 Å². The van der Waals surface area contributed by atoms with Crippen LogP contribution in [-0.4, -0.2) is 16.5 Å². The lowest BCUT2D eigenvalue weighted by molar-refractivity contribution is -0.118. The summed E-state index contributed by atoms with van der Waals surface area (Å²) in [4.78, 5) is 19.9. The van der Waals surface area contributed by atoms with Crippen LogP contribution >= 0.6 is 31.9 Å². The van der Waals surface area contributed by atoms with Crippen LogP contribution in [0.2, 0.25) is 0 Å². The second-order valence-corrected chi connectivity index (χ2v) is 5.48. The highest BCUT2D eigenvalue weighted by molar-refractivity contribution is 9.11. The average molecular weight is 346 g/mol. The molecular weight excluding hydrogens is 336 g/mol. The Morgan fingerprint density at radius 2 is 2.12 bits per heavy atom. The number of hydrogen-bond donors (Lipinski definition) is 0. The van der Waals surface area contributed by atoms with E-state index in [9.17, 15) is 4.79 Å². The van der Waals surface area contributed by atoms with Crippen molar-refractivity contribution in [3.8, 4) is 0 Å². The largest absolute Gasteiger partial charge is 0.299 e. The number of carbonyl (C=O) groups excluding carboxylic acids is 1. The van der Waals surface area contributed by atoms with Gasteiger partial charge < -0.3 is 0 Å². The predicted octanol–water partition coefficient (Wildman–Crippen LogP) is 3.82. The fourth-order valence-corrected chi connectivity index (χ4v) is 2.70. The van der Waals surface area contributed by atoms with E-state index in [0.717, 1.165) is 27.5 Å². The summed E-state index contributed by atoms with van der Waals surface area (Å²) in [6.07, 6.45) is 4.68. The third kappa shape index (κ3) is 2.98. The maximum atomic E-state index is 11.3. The van der Waals surface area contributed by atoms with Crippen molar-refractivity contribution in [3.63, 3.8) is 0 Å². The standard InChI is InChI=1S/C11H10Br2N2O/c12-7-4-10(13)11(14-6-7)15-8-2-1-3-9(16)5-8/h4,6H,1-3,5H2. The smallest absolute Gasteiger partial charge is 0.166 e. The molecule has 3 nitrogen and oxygen atoms in total. The molecule has 1 saturated carbocycles. The summed E-state index contributed by atoms with van der Waals surface area (Å²) in [5.41, 5.74) is 0.937. The number of ketones is 1. The van der Waals surface area contributed by atoms with Gasteiger partial charge in [0.25, 0.3) is 0 Å². The molecule has 0 saturated heterocycles. The number of carbonyl (C=O) groups is 1. The van der Waals surface area contributed by atoms with Gasteiger partial charge in [-0.2, -0.15) is 0 Å². The Labute approximate surface area is 111 Å². The van der Waals surface area contributed by atoms with Crippen molar-refractivity contribution in [3.05, 3.63) is 21.2 Å². The van der Waals surface area contributed by atoms with E-state index >= 15 is 0 Å². The fourth-order valence-electron chi connectivity index (χ4n) is 1.63. The number of Topliss-reactive ketones (excluding diaryl/α,β-unsaturated/α-hetero) is 1. The van der Waals surface area contributed by atoms with Crippen molar-refractivity contribution in [1.82, 2.24) is 4.98 Å². The SMILES string of the molecule is O=C1CCCC(=Nc2ncc(Br)cc2Br)C1. The van der Waals surface area contributed by atoms with E-state index < -0.39 is 0 Å². The molecule has 0 amide bonds. The number of rotatable bonds is 1. The minimum Gasteiger partial charge on any atom is -0.299 e. The molecule has 0 radical (unpaired) electrons. The number of halogens is 2. The van der Waals surface area contributed by atoms with Crippen LogP contribution in [0.4, 0.5) is 5.82 Å². The molecule has 16 heavy (non-hydrogen) atoms. The Kier molecular flexibility index (Phi) is 3.86. The van der Waals surface area contributed by atoms with E-state index in [2.05, 4.69) is 41.8 Å². The highest BCUT2D eigenvalue weighted by Crippen LogP contribution is 2.27. The molecule has 2 rings (SSSR count). The summed E-state index contributed by atoms with van der Waals surface area (Å²) < 4.78 is 1.75. The van der Waals surface area contributed by atoms with Crippen molar-refractivity contribution < 1.29 is 4.79 Å². The Morgan fingerprint density at radius 3 is 2.81 bits per heavy atom. The van der Waals surface area contributed by atoms with E-state index in [4.69, 9.17) is 0 Å². The first-order valence-electron chi connectivity index (χ1n) is 5.04. The monoisotopic (exact) mass is 344 g/mol. The van der Waals surface area contributed by atoms with Crippen LogP contribution in [0.25, 0.3) is 0 Å². The van der Waals surface area contributed by atoms with Gasteiger partial charge in [0.1, 0.15) is 5.78 Å². The van der Waals surface area contributed by atoms with Crippen LogP contribution in [0.3, 0.4) is 0 Å². The molecule has 0 bridgehead atoms. The molecule has 1 heterocycles. The number of hydrogen-bond acceptors (Lipinski definition) is 3. The Morgan fingerprint density at radius 1 is 1.31 bits per heavy atom. The lowest BCUT2D eigenvalue weighted by atomic mass is 9.97. The normalized spacial score (nSPS) is 19.1. The van der Waals surface area contributed by atoms with Gasteiger partial charge in [0.05, 0.1) is 4.47 Å². The molecule has 0 aliphatic heterocycles. The highest BCUT2D eigenvalue weighted by atomic mass is 79.9. The van der Waals surface area contributed by atoms with Crippen LogP contribution < -0.4 is 0 Å². The lowest BCUT2D eigenvalue weighted by Gasteiger charge is -2.11. The van der Waals surface area contributed by atoms with Gasteiger partial charge >= 0.3 is 0 Å². The fraction of sp³-hybridized carbons (Fsp3) is 0.364. The lowest BCUT2D eigenvalue weighted by Crippen LogP contribution is -2.14. The first-order valence-corrected chi connectivity index (χ1v) is 6.63. The third-order valence-electron chi connectivity index (χ3n) is 2.37. The van der Waals surface area contributed by atoms with Crippen LogP contribution in [0.5, 0.6) is 0 Å². The van der Waals surface area contributed by atoms with Crippen molar-refractivity contribution in [2.24, 2.45) is 4.99 Å². The summed E-state index contributed by atoms with van der Waals surface area (Å²) >= 11 is 6.74. The molecule has 0 atom stereocenters. The summed E-state index contributed by atoms with van der Waals surface area (Å²) in [5.74, 6) is 0.922. The number of nitrogens with zero attached hydrogens (tertiary/aromatic N) is 2. The molecule has 0 N–H and O–H groups in total. The second-order valence-electron chi connectivity index (χ2n) is 3.71. The minimum atomic E-state index is 0.276. The van der Waals surface area contributed by atoms with Crippen molar-refractivity contribution in [1.29, 1.82) is 0 Å². The zero-order valence-electron chi connectivity index (χ0n) is 8.54. The zero-order chi connectivity index (χ0) is 11.5. The van der Waals surface area contributed by atoms with Gasteiger partial charge in [-0.1, -0.05) is 0 Å². The van der Waals surface area contributed by atoms with Gasteiger partial charge in [0, 0.05) is 29.2 Å². The maximum Gasteiger partial charge on any atom is 0.166 e. The van der Waals surface area contributed by atoms with Crippen LogP contribution in [0.15, 0.2) is 26.2 Å². The molecule has 1 aliphatic carbocycles. The number of aromatic nitrogens is 1. The van der Waals surface area contributed by atoms with E-state index in [1.807, 2.05) is 6.07 Å². The minimum absolute atomic E-state index is 0.276. The van der Waals surface area contributed by atoms with Gasteiger partial charge in [0.2, 0.25) is 0 Å². The van der Waals surface area contributed by atoms with Crippen LogP contribution in [-0.2, 0) is 4.79 Å². The average Bonchev–Trinajstić information content (AvgIpc) is 2.22. The molecule has 1 aromatic rings.